The van der Waals surface area contributed by atoms with E-state index in [0.29, 0.717) is 24.6 Å². The smallest absolute Gasteiger partial charge is 0.257 e. The molecule has 1 amide bonds. The standard InChI is InChI=1S/C16H25NO4/c1-3-4-13(9-10-18)11-17-16(19)12-21-15-7-5-14(20-2)6-8-15/h5-8,13,18H,3-4,9-12H2,1-2H3,(H,17,19). The summed E-state index contributed by atoms with van der Waals surface area (Å²) in [5.74, 6) is 1.56. The summed E-state index contributed by atoms with van der Waals surface area (Å²) in [6, 6.07) is 7.09. The summed E-state index contributed by atoms with van der Waals surface area (Å²) in [6.45, 7) is 2.82. The summed E-state index contributed by atoms with van der Waals surface area (Å²) in [5.41, 5.74) is 0. The van der Waals surface area contributed by atoms with Crippen LogP contribution in [0.1, 0.15) is 26.2 Å². The van der Waals surface area contributed by atoms with Gasteiger partial charge in [-0.3, -0.25) is 4.79 Å². The van der Waals surface area contributed by atoms with Gasteiger partial charge in [0.1, 0.15) is 11.5 Å². The fraction of sp³-hybridized carbons (Fsp3) is 0.562. The van der Waals surface area contributed by atoms with Crippen LogP contribution in [0.4, 0.5) is 0 Å². The molecule has 0 fully saturated rings. The van der Waals surface area contributed by atoms with Gasteiger partial charge in [-0.2, -0.15) is 0 Å². The van der Waals surface area contributed by atoms with Gasteiger partial charge in [0.2, 0.25) is 0 Å². The first kappa shape index (κ1) is 17.3. The molecule has 0 bridgehead atoms. The number of benzene rings is 1. The van der Waals surface area contributed by atoms with Crippen LogP contribution in [0, 0.1) is 5.92 Å². The van der Waals surface area contributed by atoms with Crippen LogP contribution in [-0.2, 0) is 4.79 Å². The van der Waals surface area contributed by atoms with Crippen molar-refractivity contribution in [2.45, 2.75) is 26.2 Å². The van der Waals surface area contributed by atoms with Crippen LogP contribution in [0.5, 0.6) is 11.5 Å². The van der Waals surface area contributed by atoms with E-state index in [1.165, 1.54) is 0 Å². The molecule has 5 heteroatoms. The molecule has 118 valence electrons. The van der Waals surface area contributed by atoms with Crippen molar-refractivity contribution in [3.05, 3.63) is 24.3 Å². The van der Waals surface area contributed by atoms with E-state index in [4.69, 9.17) is 14.6 Å². The number of ether oxygens (including phenoxy) is 2. The van der Waals surface area contributed by atoms with Crippen molar-refractivity contribution in [2.75, 3.05) is 26.9 Å². The minimum Gasteiger partial charge on any atom is -0.497 e. The zero-order valence-electron chi connectivity index (χ0n) is 12.8. The Balaban J connectivity index is 2.29. The highest BCUT2D eigenvalue weighted by Gasteiger charge is 2.09. The molecule has 1 aromatic rings. The number of carbonyl (C=O) groups excluding carboxylic acids is 1. The van der Waals surface area contributed by atoms with Gasteiger partial charge in [-0.25, -0.2) is 0 Å². The van der Waals surface area contributed by atoms with Crippen molar-refractivity contribution in [3.8, 4) is 11.5 Å². The minimum atomic E-state index is -0.148. The normalized spacial score (nSPS) is 11.8. The Kier molecular flexibility index (Phi) is 8.28. The van der Waals surface area contributed by atoms with Crippen molar-refractivity contribution < 1.29 is 19.4 Å². The van der Waals surface area contributed by atoms with Gasteiger partial charge in [0.05, 0.1) is 7.11 Å². The third kappa shape index (κ3) is 6.99. The highest BCUT2D eigenvalue weighted by molar-refractivity contribution is 5.77. The average molecular weight is 295 g/mol. The van der Waals surface area contributed by atoms with E-state index in [1.807, 2.05) is 0 Å². The first-order valence-electron chi connectivity index (χ1n) is 7.34. The number of hydrogen-bond donors (Lipinski definition) is 2. The van der Waals surface area contributed by atoms with Crippen LogP contribution in [0.3, 0.4) is 0 Å². The number of methoxy groups -OCH3 is 1. The molecule has 0 aliphatic carbocycles. The lowest BCUT2D eigenvalue weighted by Crippen LogP contribution is -2.33. The molecule has 0 heterocycles. The number of amides is 1. The van der Waals surface area contributed by atoms with E-state index in [9.17, 15) is 4.79 Å². The van der Waals surface area contributed by atoms with Gasteiger partial charge in [-0.1, -0.05) is 13.3 Å². The van der Waals surface area contributed by atoms with Crippen LogP contribution in [0.2, 0.25) is 0 Å². The Labute approximate surface area is 126 Å². The van der Waals surface area contributed by atoms with E-state index in [1.54, 1.807) is 31.4 Å². The van der Waals surface area contributed by atoms with Crippen molar-refractivity contribution >= 4 is 5.91 Å². The lowest BCUT2D eigenvalue weighted by Gasteiger charge is -2.15. The fourth-order valence-electron chi connectivity index (χ4n) is 2.07. The minimum absolute atomic E-state index is 0.00962. The molecular weight excluding hydrogens is 270 g/mol. The molecule has 0 aromatic heterocycles. The van der Waals surface area contributed by atoms with Crippen LogP contribution in [0.25, 0.3) is 0 Å². The quantitative estimate of drug-likeness (QED) is 0.692. The first-order chi connectivity index (χ1) is 10.2. The Bertz CT molecular complexity index is 399. The average Bonchev–Trinajstić information content (AvgIpc) is 2.51. The predicted octanol–water partition coefficient (Wildman–Crippen LogP) is 1.99. The molecule has 21 heavy (non-hydrogen) atoms. The zero-order valence-corrected chi connectivity index (χ0v) is 12.8. The van der Waals surface area contributed by atoms with Gasteiger partial charge >= 0.3 is 0 Å². The van der Waals surface area contributed by atoms with Crippen LogP contribution < -0.4 is 14.8 Å². The van der Waals surface area contributed by atoms with Crippen molar-refractivity contribution in [3.63, 3.8) is 0 Å². The Morgan fingerprint density at radius 1 is 1.24 bits per heavy atom. The largest absolute Gasteiger partial charge is 0.497 e. The molecule has 0 radical (unpaired) electrons. The number of aliphatic hydroxyl groups excluding tert-OH is 1. The molecule has 0 aliphatic heterocycles. The SMILES string of the molecule is CCCC(CCO)CNC(=O)COc1ccc(OC)cc1. The summed E-state index contributed by atoms with van der Waals surface area (Å²) in [4.78, 5) is 11.7. The van der Waals surface area contributed by atoms with Gasteiger partial charge in [-0.05, 0) is 43.0 Å². The number of aliphatic hydroxyl groups is 1. The van der Waals surface area contributed by atoms with Crippen molar-refractivity contribution in [1.82, 2.24) is 5.32 Å². The topological polar surface area (TPSA) is 67.8 Å². The summed E-state index contributed by atoms with van der Waals surface area (Å²) in [7, 11) is 1.60. The van der Waals surface area contributed by atoms with E-state index in [0.717, 1.165) is 18.6 Å². The molecule has 1 rings (SSSR count). The summed E-state index contributed by atoms with van der Waals surface area (Å²) >= 11 is 0. The van der Waals surface area contributed by atoms with E-state index in [-0.39, 0.29) is 19.1 Å². The third-order valence-electron chi connectivity index (χ3n) is 3.25. The van der Waals surface area contributed by atoms with Gasteiger partial charge in [0.25, 0.3) is 5.91 Å². The fourth-order valence-corrected chi connectivity index (χ4v) is 2.07. The number of hydrogen-bond acceptors (Lipinski definition) is 4. The van der Waals surface area contributed by atoms with Gasteiger partial charge < -0.3 is 19.9 Å². The molecule has 0 spiro atoms. The monoisotopic (exact) mass is 295 g/mol. The Hall–Kier alpha value is -1.75. The van der Waals surface area contributed by atoms with Crippen LogP contribution in [0.15, 0.2) is 24.3 Å². The molecule has 0 aliphatic rings. The maximum absolute atomic E-state index is 11.7. The summed E-state index contributed by atoms with van der Waals surface area (Å²) in [5, 5.41) is 11.8. The lowest BCUT2D eigenvalue weighted by molar-refractivity contribution is -0.123. The number of rotatable bonds is 10. The van der Waals surface area contributed by atoms with Crippen LogP contribution >= 0.6 is 0 Å². The van der Waals surface area contributed by atoms with Crippen molar-refractivity contribution in [2.24, 2.45) is 5.92 Å². The Morgan fingerprint density at radius 3 is 2.48 bits per heavy atom. The molecule has 5 nitrogen and oxygen atoms in total. The highest BCUT2D eigenvalue weighted by atomic mass is 16.5. The predicted molar refractivity (Wildman–Crippen MR) is 81.6 cm³/mol. The van der Waals surface area contributed by atoms with E-state index < -0.39 is 0 Å². The first-order valence-corrected chi connectivity index (χ1v) is 7.34. The van der Waals surface area contributed by atoms with E-state index in [2.05, 4.69) is 12.2 Å². The maximum atomic E-state index is 11.7. The lowest BCUT2D eigenvalue weighted by atomic mass is 10.0. The molecule has 2 N–H and O–H groups in total. The molecule has 1 unspecified atom stereocenters. The summed E-state index contributed by atoms with van der Waals surface area (Å²) in [6.07, 6.45) is 2.76. The molecule has 0 saturated carbocycles. The van der Waals surface area contributed by atoms with Gasteiger partial charge in [0.15, 0.2) is 6.61 Å². The van der Waals surface area contributed by atoms with Gasteiger partial charge in [0, 0.05) is 13.2 Å². The highest BCUT2D eigenvalue weighted by Crippen LogP contribution is 2.16. The molecule has 0 saturated heterocycles. The number of nitrogens with one attached hydrogen (secondary N) is 1. The zero-order chi connectivity index (χ0) is 15.5. The second-order valence-electron chi connectivity index (χ2n) is 4.94. The van der Waals surface area contributed by atoms with Crippen LogP contribution in [-0.4, -0.2) is 37.9 Å². The maximum Gasteiger partial charge on any atom is 0.257 e. The molecular formula is C16H25NO4. The molecule has 1 atom stereocenters. The third-order valence-corrected chi connectivity index (χ3v) is 3.25. The second kappa shape index (κ2) is 10.0. The van der Waals surface area contributed by atoms with E-state index >= 15 is 0 Å². The van der Waals surface area contributed by atoms with Gasteiger partial charge in [-0.15, -0.1) is 0 Å². The Morgan fingerprint density at radius 2 is 1.90 bits per heavy atom. The number of carbonyl (C=O) groups is 1. The molecule has 1 aromatic carbocycles. The second-order valence-corrected chi connectivity index (χ2v) is 4.94. The van der Waals surface area contributed by atoms with Crippen molar-refractivity contribution in [1.29, 1.82) is 0 Å². The summed E-state index contributed by atoms with van der Waals surface area (Å²) < 4.78 is 10.5.